The fourth-order valence-electron chi connectivity index (χ4n) is 4.14. The van der Waals surface area contributed by atoms with Gasteiger partial charge >= 0.3 is 0 Å². The quantitative estimate of drug-likeness (QED) is 0.675. The molecule has 2 heterocycles. The SMILES string of the molecule is COc1ccc([C@H]2[C@H]3C(=O)N(C(C)C)C(=O)[C@@H]3ON2c2ccc(Cl)cc2)c(OC)c1. The predicted octanol–water partition coefficient (Wildman–Crippen LogP) is 3.61. The summed E-state index contributed by atoms with van der Waals surface area (Å²) in [5.74, 6) is -0.0984. The first kappa shape index (κ1) is 20.5. The fourth-order valence-corrected chi connectivity index (χ4v) is 4.26. The lowest BCUT2D eigenvalue weighted by molar-refractivity contribution is -0.145. The highest BCUT2D eigenvalue weighted by Gasteiger charge is 2.60. The number of hydroxylamine groups is 1. The van der Waals surface area contributed by atoms with E-state index in [9.17, 15) is 9.59 Å². The Morgan fingerprint density at radius 2 is 1.70 bits per heavy atom. The number of ether oxygens (including phenoxy) is 2. The van der Waals surface area contributed by atoms with Gasteiger partial charge in [-0.1, -0.05) is 11.6 Å². The number of nitrogens with zero attached hydrogens (tertiary/aromatic N) is 2. The van der Waals surface area contributed by atoms with E-state index in [1.165, 1.54) is 4.90 Å². The molecule has 0 bridgehead atoms. The maximum atomic E-state index is 13.3. The van der Waals surface area contributed by atoms with Crippen LogP contribution in [-0.2, 0) is 14.4 Å². The van der Waals surface area contributed by atoms with Gasteiger partial charge in [0.1, 0.15) is 17.4 Å². The van der Waals surface area contributed by atoms with Crippen LogP contribution in [0, 0.1) is 5.92 Å². The maximum Gasteiger partial charge on any atom is 0.262 e. The molecule has 158 valence electrons. The molecule has 2 aromatic rings. The zero-order valence-electron chi connectivity index (χ0n) is 17.2. The van der Waals surface area contributed by atoms with Crippen LogP contribution in [0.3, 0.4) is 0 Å². The van der Waals surface area contributed by atoms with Crippen LogP contribution >= 0.6 is 11.6 Å². The first-order chi connectivity index (χ1) is 14.4. The van der Waals surface area contributed by atoms with E-state index in [4.69, 9.17) is 25.9 Å². The molecule has 0 N–H and O–H groups in total. The zero-order valence-corrected chi connectivity index (χ0v) is 17.9. The molecule has 0 unspecified atom stereocenters. The molecule has 30 heavy (non-hydrogen) atoms. The van der Waals surface area contributed by atoms with Gasteiger partial charge in [-0.15, -0.1) is 0 Å². The molecule has 2 fully saturated rings. The molecule has 8 heteroatoms. The molecule has 7 nitrogen and oxygen atoms in total. The van der Waals surface area contributed by atoms with Crippen molar-refractivity contribution in [2.45, 2.75) is 32.0 Å². The van der Waals surface area contributed by atoms with Gasteiger partial charge < -0.3 is 9.47 Å². The number of amides is 2. The summed E-state index contributed by atoms with van der Waals surface area (Å²) in [6.07, 6.45) is -0.896. The van der Waals surface area contributed by atoms with Crippen LogP contribution in [0.5, 0.6) is 11.5 Å². The third kappa shape index (κ3) is 3.18. The number of imide groups is 1. The van der Waals surface area contributed by atoms with E-state index >= 15 is 0 Å². The lowest BCUT2D eigenvalue weighted by atomic mass is 9.90. The average Bonchev–Trinajstić information content (AvgIpc) is 3.24. The third-order valence-corrected chi connectivity index (χ3v) is 5.76. The number of likely N-dealkylation sites (tertiary alicyclic amines) is 1. The standard InChI is InChI=1S/C22H23ClN2O5/c1-12(2)24-21(26)18-19(16-10-9-15(28-3)11-17(16)29-4)25(30-20(18)22(24)27)14-7-5-13(23)6-8-14/h5-12,18-20H,1-4H3/t18-,19+,20-/m1/s1. The van der Waals surface area contributed by atoms with Crippen LogP contribution in [0.1, 0.15) is 25.5 Å². The Bertz CT molecular complexity index is 978. The van der Waals surface area contributed by atoms with Crippen LogP contribution in [0.2, 0.25) is 5.02 Å². The average molecular weight is 431 g/mol. The number of carbonyl (C=O) groups excluding carboxylic acids is 2. The van der Waals surface area contributed by atoms with Gasteiger partial charge in [0.25, 0.3) is 5.91 Å². The second-order valence-electron chi connectivity index (χ2n) is 7.55. The van der Waals surface area contributed by atoms with Gasteiger partial charge in [0, 0.05) is 22.7 Å². The van der Waals surface area contributed by atoms with E-state index in [2.05, 4.69) is 0 Å². The normalized spacial score (nSPS) is 23.3. The summed E-state index contributed by atoms with van der Waals surface area (Å²) in [6.45, 7) is 3.63. The number of methoxy groups -OCH3 is 2. The Hall–Kier alpha value is -2.77. The number of halogens is 1. The third-order valence-electron chi connectivity index (χ3n) is 5.51. The van der Waals surface area contributed by atoms with E-state index in [0.29, 0.717) is 22.2 Å². The van der Waals surface area contributed by atoms with Crippen molar-refractivity contribution in [1.29, 1.82) is 0 Å². The Kier molecular flexibility index (Phi) is 5.34. The highest BCUT2D eigenvalue weighted by molar-refractivity contribution is 6.30. The molecule has 2 aromatic carbocycles. The summed E-state index contributed by atoms with van der Waals surface area (Å²) in [7, 11) is 3.13. The van der Waals surface area contributed by atoms with E-state index < -0.39 is 18.1 Å². The second kappa shape index (κ2) is 7.81. The van der Waals surface area contributed by atoms with Crippen molar-refractivity contribution < 1.29 is 23.9 Å². The van der Waals surface area contributed by atoms with Crippen LogP contribution < -0.4 is 14.5 Å². The van der Waals surface area contributed by atoms with Gasteiger partial charge in [-0.3, -0.25) is 19.3 Å². The minimum atomic E-state index is -0.896. The van der Waals surface area contributed by atoms with Crippen LogP contribution in [0.25, 0.3) is 0 Å². The molecule has 4 rings (SSSR count). The van der Waals surface area contributed by atoms with Crippen molar-refractivity contribution in [2.24, 2.45) is 5.92 Å². The Balaban J connectivity index is 1.84. The van der Waals surface area contributed by atoms with Gasteiger partial charge in [-0.25, -0.2) is 5.06 Å². The van der Waals surface area contributed by atoms with Gasteiger partial charge in [0.2, 0.25) is 5.91 Å². The Morgan fingerprint density at radius 3 is 2.30 bits per heavy atom. The minimum Gasteiger partial charge on any atom is -0.497 e. The molecule has 3 atom stereocenters. The van der Waals surface area contributed by atoms with E-state index in [1.54, 1.807) is 55.7 Å². The highest BCUT2D eigenvalue weighted by Crippen LogP contribution is 2.49. The van der Waals surface area contributed by atoms with E-state index in [0.717, 1.165) is 5.56 Å². The van der Waals surface area contributed by atoms with Crippen molar-refractivity contribution in [1.82, 2.24) is 4.90 Å². The lowest BCUT2D eigenvalue weighted by Crippen LogP contribution is -2.41. The van der Waals surface area contributed by atoms with Crippen molar-refractivity contribution >= 4 is 29.1 Å². The second-order valence-corrected chi connectivity index (χ2v) is 7.98. The molecule has 0 radical (unpaired) electrons. The Morgan fingerprint density at radius 1 is 1.00 bits per heavy atom. The predicted molar refractivity (Wildman–Crippen MR) is 112 cm³/mol. The highest BCUT2D eigenvalue weighted by atomic mass is 35.5. The molecule has 0 spiro atoms. The van der Waals surface area contributed by atoms with Gasteiger partial charge in [0.15, 0.2) is 6.10 Å². The minimum absolute atomic E-state index is 0.249. The molecule has 0 aromatic heterocycles. The number of rotatable bonds is 5. The summed E-state index contributed by atoms with van der Waals surface area (Å²) in [5, 5.41) is 2.19. The number of hydrogen-bond donors (Lipinski definition) is 0. The molecular weight excluding hydrogens is 408 g/mol. The van der Waals surface area contributed by atoms with E-state index in [-0.39, 0.29) is 17.9 Å². The topological polar surface area (TPSA) is 68.3 Å². The smallest absolute Gasteiger partial charge is 0.262 e. The van der Waals surface area contributed by atoms with Crippen molar-refractivity contribution in [3.63, 3.8) is 0 Å². The first-order valence-electron chi connectivity index (χ1n) is 9.67. The summed E-state index contributed by atoms with van der Waals surface area (Å²) in [5.41, 5.74) is 1.42. The first-order valence-corrected chi connectivity index (χ1v) is 10.1. The largest absolute Gasteiger partial charge is 0.497 e. The Labute approximate surface area is 180 Å². The monoisotopic (exact) mass is 430 g/mol. The number of benzene rings is 2. The van der Waals surface area contributed by atoms with Crippen LogP contribution in [0.4, 0.5) is 5.69 Å². The summed E-state index contributed by atoms with van der Waals surface area (Å²) >= 11 is 6.04. The van der Waals surface area contributed by atoms with Crippen molar-refractivity contribution in [2.75, 3.05) is 19.3 Å². The van der Waals surface area contributed by atoms with Gasteiger partial charge in [0.05, 0.1) is 25.9 Å². The molecule has 2 aliphatic rings. The maximum absolute atomic E-state index is 13.3. The van der Waals surface area contributed by atoms with E-state index in [1.807, 2.05) is 19.9 Å². The van der Waals surface area contributed by atoms with Crippen molar-refractivity contribution in [3.05, 3.63) is 53.1 Å². The molecular formula is C22H23ClN2O5. The van der Waals surface area contributed by atoms with Crippen LogP contribution in [0.15, 0.2) is 42.5 Å². The van der Waals surface area contributed by atoms with Crippen molar-refractivity contribution in [3.8, 4) is 11.5 Å². The molecule has 0 saturated carbocycles. The summed E-state index contributed by atoms with van der Waals surface area (Å²) in [4.78, 5) is 33.6. The fraction of sp³-hybridized carbons (Fsp3) is 0.364. The molecule has 2 saturated heterocycles. The number of hydrogen-bond acceptors (Lipinski definition) is 6. The summed E-state index contributed by atoms with van der Waals surface area (Å²) < 4.78 is 10.9. The summed E-state index contributed by atoms with van der Waals surface area (Å²) in [6, 6.07) is 11.6. The molecule has 2 amide bonds. The number of fused-ring (bicyclic) bond motifs is 1. The number of carbonyl (C=O) groups is 2. The number of anilines is 1. The molecule has 2 aliphatic heterocycles. The van der Waals surface area contributed by atoms with Gasteiger partial charge in [-0.05, 0) is 50.2 Å². The molecule has 0 aliphatic carbocycles. The van der Waals surface area contributed by atoms with Crippen LogP contribution in [-0.4, -0.2) is 43.1 Å². The lowest BCUT2D eigenvalue weighted by Gasteiger charge is -2.30. The van der Waals surface area contributed by atoms with Gasteiger partial charge in [-0.2, -0.15) is 0 Å². The zero-order chi connectivity index (χ0) is 21.6.